The summed E-state index contributed by atoms with van der Waals surface area (Å²) in [5.41, 5.74) is 0.0565. The van der Waals surface area contributed by atoms with Crippen LogP contribution in [0.4, 0.5) is 4.79 Å². The van der Waals surface area contributed by atoms with Gasteiger partial charge in [0.15, 0.2) is 0 Å². The van der Waals surface area contributed by atoms with E-state index in [1.54, 1.807) is 16.2 Å². The van der Waals surface area contributed by atoms with Crippen molar-refractivity contribution in [2.24, 2.45) is 0 Å². The Hall–Kier alpha value is -2.48. The van der Waals surface area contributed by atoms with Crippen LogP contribution in [0.2, 0.25) is 0 Å². The Morgan fingerprint density at radius 3 is 2.71 bits per heavy atom. The van der Waals surface area contributed by atoms with Gasteiger partial charge >= 0.3 is 6.03 Å². The van der Waals surface area contributed by atoms with Crippen molar-refractivity contribution in [3.05, 3.63) is 29.3 Å². The molecule has 0 radical (unpaired) electrons. The molecule has 2 aliphatic rings. The number of thiazole rings is 1. The van der Waals surface area contributed by atoms with E-state index in [0.29, 0.717) is 19.4 Å². The molecule has 1 atom stereocenters. The first-order chi connectivity index (χ1) is 13.5. The normalized spacial score (nSPS) is 21.6. The van der Waals surface area contributed by atoms with Crippen LogP contribution >= 0.6 is 11.3 Å². The molecule has 0 unspecified atom stereocenters. The van der Waals surface area contributed by atoms with Crippen molar-refractivity contribution >= 4 is 39.4 Å². The lowest BCUT2D eigenvalue weighted by Crippen LogP contribution is -2.47. The predicted octanol–water partition coefficient (Wildman–Crippen LogP) is 3.07. The highest BCUT2D eigenvalue weighted by molar-refractivity contribution is 7.18. The van der Waals surface area contributed by atoms with E-state index >= 15 is 0 Å². The van der Waals surface area contributed by atoms with Crippen molar-refractivity contribution in [2.75, 3.05) is 13.1 Å². The number of carbonyl (C=O) groups is 3. The molecule has 0 aliphatic carbocycles. The molecule has 2 aliphatic heterocycles. The van der Waals surface area contributed by atoms with E-state index in [1.807, 2.05) is 38.1 Å². The third kappa shape index (κ3) is 2.96. The van der Waals surface area contributed by atoms with Crippen molar-refractivity contribution in [3.63, 3.8) is 0 Å². The SMILES string of the molecule is CCC1(CC)NC(=O)N(CC(=O)N2CCC[C@H]2c2nc3ccccc3s2)C1=O. The number of hydrogen-bond donors (Lipinski definition) is 1. The lowest BCUT2D eigenvalue weighted by atomic mass is 9.93. The molecular formula is C20H24N4O3S. The minimum absolute atomic E-state index is 0.0900. The first-order valence-corrected chi connectivity index (χ1v) is 10.6. The molecule has 0 saturated carbocycles. The maximum absolute atomic E-state index is 13.0. The fourth-order valence-electron chi connectivity index (χ4n) is 4.13. The molecule has 8 heteroatoms. The van der Waals surface area contributed by atoms with E-state index < -0.39 is 11.6 Å². The molecule has 0 spiro atoms. The van der Waals surface area contributed by atoms with Gasteiger partial charge in [-0.3, -0.25) is 14.5 Å². The van der Waals surface area contributed by atoms with E-state index in [4.69, 9.17) is 4.98 Å². The van der Waals surface area contributed by atoms with E-state index in [0.717, 1.165) is 33.0 Å². The first-order valence-electron chi connectivity index (χ1n) is 9.78. The third-order valence-electron chi connectivity index (χ3n) is 5.92. The van der Waals surface area contributed by atoms with Gasteiger partial charge in [-0.25, -0.2) is 9.78 Å². The molecule has 148 valence electrons. The number of rotatable bonds is 5. The zero-order chi connectivity index (χ0) is 19.9. The number of carbonyl (C=O) groups excluding carboxylic acids is 3. The van der Waals surface area contributed by atoms with E-state index in [2.05, 4.69) is 5.32 Å². The second-order valence-corrected chi connectivity index (χ2v) is 8.44. The Balaban J connectivity index is 1.53. The summed E-state index contributed by atoms with van der Waals surface area (Å²) in [6, 6.07) is 7.37. The van der Waals surface area contributed by atoms with Gasteiger partial charge in [-0.2, -0.15) is 0 Å². The van der Waals surface area contributed by atoms with Gasteiger partial charge in [0.1, 0.15) is 17.1 Å². The monoisotopic (exact) mass is 400 g/mol. The lowest BCUT2D eigenvalue weighted by molar-refractivity contribution is -0.139. The molecular weight excluding hydrogens is 376 g/mol. The summed E-state index contributed by atoms with van der Waals surface area (Å²) in [6.07, 6.45) is 2.76. The summed E-state index contributed by atoms with van der Waals surface area (Å²) in [4.78, 5) is 45.7. The maximum Gasteiger partial charge on any atom is 0.325 e. The van der Waals surface area contributed by atoms with Crippen LogP contribution in [-0.2, 0) is 9.59 Å². The molecule has 4 amide bonds. The van der Waals surface area contributed by atoms with Crippen LogP contribution in [-0.4, -0.2) is 51.3 Å². The second-order valence-electron chi connectivity index (χ2n) is 7.38. The van der Waals surface area contributed by atoms with Gasteiger partial charge in [0.25, 0.3) is 5.91 Å². The number of para-hydroxylation sites is 1. The molecule has 1 N–H and O–H groups in total. The average molecular weight is 401 g/mol. The molecule has 28 heavy (non-hydrogen) atoms. The van der Waals surface area contributed by atoms with E-state index in [-0.39, 0.29) is 24.4 Å². The minimum atomic E-state index is -0.880. The zero-order valence-corrected chi connectivity index (χ0v) is 16.9. The summed E-state index contributed by atoms with van der Waals surface area (Å²) in [5.74, 6) is -0.500. The number of imide groups is 1. The largest absolute Gasteiger partial charge is 0.332 e. The number of aromatic nitrogens is 1. The van der Waals surface area contributed by atoms with Crippen LogP contribution in [0.1, 0.15) is 50.6 Å². The smallest absolute Gasteiger partial charge is 0.325 e. The van der Waals surface area contributed by atoms with Crippen LogP contribution in [0, 0.1) is 0 Å². The molecule has 2 saturated heterocycles. The number of nitrogens with one attached hydrogen (secondary N) is 1. The summed E-state index contributed by atoms with van der Waals surface area (Å²) in [6.45, 7) is 4.15. The highest BCUT2D eigenvalue weighted by Gasteiger charge is 2.49. The van der Waals surface area contributed by atoms with Gasteiger partial charge in [0.05, 0.1) is 16.3 Å². The number of benzene rings is 1. The molecule has 7 nitrogen and oxygen atoms in total. The van der Waals surface area contributed by atoms with Crippen LogP contribution in [0.3, 0.4) is 0 Å². The van der Waals surface area contributed by atoms with Crippen molar-refractivity contribution in [3.8, 4) is 0 Å². The lowest BCUT2D eigenvalue weighted by Gasteiger charge is -2.26. The Bertz CT molecular complexity index is 903. The fourth-order valence-corrected chi connectivity index (χ4v) is 5.24. The summed E-state index contributed by atoms with van der Waals surface area (Å²) in [7, 11) is 0. The molecule has 4 rings (SSSR count). The Labute approximate surface area is 167 Å². The number of amides is 4. The summed E-state index contributed by atoms with van der Waals surface area (Å²) >= 11 is 1.60. The van der Waals surface area contributed by atoms with Crippen LogP contribution in [0.25, 0.3) is 10.2 Å². The van der Waals surface area contributed by atoms with Gasteiger partial charge in [0.2, 0.25) is 5.91 Å². The molecule has 0 bridgehead atoms. The molecule has 1 aromatic carbocycles. The maximum atomic E-state index is 13.0. The first kappa shape index (κ1) is 18.9. The van der Waals surface area contributed by atoms with E-state index in [9.17, 15) is 14.4 Å². The number of urea groups is 1. The minimum Gasteiger partial charge on any atom is -0.332 e. The van der Waals surface area contributed by atoms with E-state index in [1.165, 1.54) is 0 Å². The highest BCUT2D eigenvalue weighted by Crippen LogP contribution is 2.36. The van der Waals surface area contributed by atoms with Crippen LogP contribution in [0.5, 0.6) is 0 Å². The molecule has 1 aromatic heterocycles. The van der Waals surface area contributed by atoms with Gasteiger partial charge in [-0.1, -0.05) is 26.0 Å². The standard InChI is InChI=1S/C20H24N4O3S/c1-3-20(4-2)18(26)24(19(27)22-20)12-16(25)23-11-7-9-14(23)17-21-13-8-5-6-10-15(13)28-17/h5-6,8,10,14H,3-4,7,9,11-12H2,1-2H3,(H,22,27)/t14-/m0/s1. The van der Waals surface area contributed by atoms with Crippen LogP contribution in [0.15, 0.2) is 24.3 Å². The number of fused-ring (bicyclic) bond motifs is 1. The fraction of sp³-hybridized carbons (Fsp3) is 0.500. The van der Waals surface area contributed by atoms with Crippen molar-refractivity contribution in [1.29, 1.82) is 0 Å². The summed E-state index contributed by atoms with van der Waals surface area (Å²) in [5, 5.41) is 3.70. The van der Waals surface area contributed by atoms with Crippen molar-refractivity contribution in [1.82, 2.24) is 20.1 Å². The van der Waals surface area contributed by atoms with Gasteiger partial charge < -0.3 is 10.2 Å². The van der Waals surface area contributed by atoms with Crippen LogP contribution < -0.4 is 5.32 Å². The number of likely N-dealkylation sites (tertiary alicyclic amines) is 1. The van der Waals surface area contributed by atoms with Gasteiger partial charge in [-0.05, 0) is 37.8 Å². The number of nitrogens with zero attached hydrogens (tertiary/aromatic N) is 3. The summed E-state index contributed by atoms with van der Waals surface area (Å²) < 4.78 is 1.10. The number of hydrogen-bond acceptors (Lipinski definition) is 5. The topological polar surface area (TPSA) is 82.6 Å². The Morgan fingerprint density at radius 1 is 1.29 bits per heavy atom. The molecule has 2 fully saturated rings. The van der Waals surface area contributed by atoms with Gasteiger partial charge in [0, 0.05) is 6.54 Å². The van der Waals surface area contributed by atoms with Gasteiger partial charge in [-0.15, -0.1) is 11.3 Å². The zero-order valence-electron chi connectivity index (χ0n) is 16.1. The molecule has 3 heterocycles. The molecule has 2 aromatic rings. The average Bonchev–Trinajstić information content (AvgIpc) is 3.40. The Kier molecular flexibility index (Phi) is 4.82. The second kappa shape index (κ2) is 7.16. The van der Waals surface area contributed by atoms with Crippen molar-refractivity contribution in [2.45, 2.75) is 51.1 Å². The quantitative estimate of drug-likeness (QED) is 0.782. The highest BCUT2D eigenvalue weighted by atomic mass is 32.1. The van der Waals surface area contributed by atoms with Crippen molar-refractivity contribution < 1.29 is 14.4 Å². The Morgan fingerprint density at radius 2 is 2.04 bits per heavy atom. The third-order valence-corrected chi connectivity index (χ3v) is 7.05. The predicted molar refractivity (Wildman–Crippen MR) is 107 cm³/mol.